The fraction of sp³-hybridized carbons (Fsp3) is 0.611. The summed E-state index contributed by atoms with van der Waals surface area (Å²) in [4.78, 5) is 6.50. The molecule has 5 heteroatoms. The van der Waals surface area contributed by atoms with Gasteiger partial charge >= 0.3 is 0 Å². The molecule has 0 atom stereocenters. The van der Waals surface area contributed by atoms with Gasteiger partial charge in [0.25, 0.3) is 0 Å². The summed E-state index contributed by atoms with van der Waals surface area (Å²) >= 11 is 0. The average molecular weight is 433 g/mol. The summed E-state index contributed by atoms with van der Waals surface area (Å²) in [5, 5.41) is 3.41. The normalized spacial score (nSPS) is 11.0. The minimum absolute atomic E-state index is 0. The van der Waals surface area contributed by atoms with Crippen LogP contribution in [0, 0.1) is 0 Å². The van der Waals surface area contributed by atoms with Gasteiger partial charge in [-0.2, -0.15) is 0 Å². The molecule has 23 heavy (non-hydrogen) atoms. The molecule has 1 aromatic carbocycles. The third-order valence-corrected chi connectivity index (χ3v) is 3.53. The molecule has 0 aliphatic heterocycles. The summed E-state index contributed by atoms with van der Waals surface area (Å²) in [6.45, 7) is 5.71. The highest BCUT2D eigenvalue weighted by Gasteiger charge is 2.03. The second-order valence-electron chi connectivity index (χ2n) is 5.49. The molecule has 0 fully saturated rings. The maximum Gasteiger partial charge on any atom is 0.193 e. The summed E-state index contributed by atoms with van der Waals surface area (Å²) in [6.07, 6.45) is 4.57. The molecule has 1 aromatic rings. The molecule has 132 valence electrons. The molecule has 1 N–H and O–H groups in total. The molecule has 0 bridgehead atoms. The van der Waals surface area contributed by atoms with Gasteiger partial charge in [-0.15, -0.1) is 24.0 Å². The first-order valence-corrected chi connectivity index (χ1v) is 8.31. The largest absolute Gasteiger partial charge is 0.377 e. The van der Waals surface area contributed by atoms with E-state index in [0.29, 0.717) is 6.61 Å². The van der Waals surface area contributed by atoms with Gasteiger partial charge in [0.05, 0.1) is 6.61 Å². The summed E-state index contributed by atoms with van der Waals surface area (Å²) < 4.78 is 5.69. The van der Waals surface area contributed by atoms with Gasteiger partial charge in [-0.25, -0.2) is 0 Å². The van der Waals surface area contributed by atoms with Crippen LogP contribution >= 0.6 is 24.0 Å². The molecule has 0 amide bonds. The minimum Gasteiger partial charge on any atom is -0.377 e. The number of halogens is 1. The second kappa shape index (κ2) is 14.8. The Labute approximate surface area is 158 Å². The van der Waals surface area contributed by atoms with Crippen molar-refractivity contribution in [2.24, 2.45) is 4.99 Å². The monoisotopic (exact) mass is 433 g/mol. The Morgan fingerprint density at radius 1 is 1.17 bits per heavy atom. The number of benzene rings is 1. The van der Waals surface area contributed by atoms with Crippen LogP contribution < -0.4 is 5.32 Å². The third-order valence-electron chi connectivity index (χ3n) is 3.53. The van der Waals surface area contributed by atoms with Crippen LogP contribution in [0.4, 0.5) is 0 Å². The van der Waals surface area contributed by atoms with Crippen molar-refractivity contribution in [1.82, 2.24) is 10.2 Å². The van der Waals surface area contributed by atoms with E-state index in [1.54, 1.807) is 0 Å². The fourth-order valence-electron chi connectivity index (χ4n) is 2.18. The van der Waals surface area contributed by atoms with Gasteiger partial charge < -0.3 is 15.0 Å². The quantitative estimate of drug-likeness (QED) is 0.263. The van der Waals surface area contributed by atoms with Crippen LogP contribution in [0.15, 0.2) is 35.3 Å². The van der Waals surface area contributed by atoms with Crippen molar-refractivity contribution < 1.29 is 4.74 Å². The van der Waals surface area contributed by atoms with E-state index in [0.717, 1.165) is 38.5 Å². The van der Waals surface area contributed by atoms with E-state index in [4.69, 9.17) is 4.74 Å². The Morgan fingerprint density at radius 2 is 1.91 bits per heavy atom. The molecule has 0 aromatic heterocycles. The Balaban J connectivity index is 0.00000484. The molecule has 0 saturated carbocycles. The van der Waals surface area contributed by atoms with Crippen LogP contribution in [0.1, 0.15) is 38.2 Å². The molecule has 0 aliphatic rings. The lowest BCUT2D eigenvalue weighted by Crippen LogP contribution is -2.39. The zero-order chi connectivity index (χ0) is 16.0. The van der Waals surface area contributed by atoms with Crippen LogP contribution in [0.2, 0.25) is 0 Å². The third kappa shape index (κ3) is 10.5. The number of hydrogen-bond donors (Lipinski definition) is 1. The summed E-state index contributed by atoms with van der Waals surface area (Å²) in [6, 6.07) is 10.3. The zero-order valence-corrected chi connectivity index (χ0v) is 17.1. The molecule has 4 nitrogen and oxygen atoms in total. The van der Waals surface area contributed by atoms with Gasteiger partial charge in [0, 0.05) is 33.8 Å². The molecule has 0 aliphatic carbocycles. The summed E-state index contributed by atoms with van der Waals surface area (Å²) in [7, 11) is 3.93. The van der Waals surface area contributed by atoms with Gasteiger partial charge in [-0.1, -0.05) is 43.7 Å². The number of rotatable bonds is 10. The lowest BCUT2D eigenvalue weighted by molar-refractivity contribution is 0.117. The van der Waals surface area contributed by atoms with Gasteiger partial charge in [0.15, 0.2) is 5.96 Å². The SMILES string of the molecule is CCCCN(C)C(=NC)NCCCCOCc1ccccc1.I. The summed E-state index contributed by atoms with van der Waals surface area (Å²) in [5.74, 6) is 0.985. The molecule has 0 spiro atoms. The number of ether oxygens (including phenoxy) is 1. The lowest BCUT2D eigenvalue weighted by Gasteiger charge is -2.21. The molecule has 0 saturated heterocycles. The van der Waals surface area contributed by atoms with Crippen molar-refractivity contribution in [2.45, 2.75) is 39.2 Å². The number of guanidine groups is 1. The maximum atomic E-state index is 5.69. The lowest BCUT2D eigenvalue weighted by atomic mass is 10.2. The standard InChI is InChI=1S/C18H31N3O.HI/c1-4-5-14-21(3)18(19-2)20-13-9-10-15-22-16-17-11-7-6-8-12-17;/h6-8,11-12H,4-5,9-10,13-16H2,1-3H3,(H,19,20);1H. The average Bonchev–Trinajstić information content (AvgIpc) is 2.56. The Bertz CT molecular complexity index is 412. The molecule has 1 rings (SSSR count). The Kier molecular flexibility index (Phi) is 14.2. The Morgan fingerprint density at radius 3 is 2.57 bits per heavy atom. The first-order valence-electron chi connectivity index (χ1n) is 8.31. The zero-order valence-electron chi connectivity index (χ0n) is 14.8. The van der Waals surface area contributed by atoms with Crippen LogP contribution in [-0.2, 0) is 11.3 Å². The van der Waals surface area contributed by atoms with Gasteiger partial charge in [0.2, 0.25) is 0 Å². The maximum absolute atomic E-state index is 5.69. The van der Waals surface area contributed by atoms with Gasteiger partial charge in [0.1, 0.15) is 0 Å². The molecular formula is C18H32IN3O. The van der Waals surface area contributed by atoms with Crippen LogP contribution in [0.5, 0.6) is 0 Å². The van der Waals surface area contributed by atoms with E-state index in [2.05, 4.69) is 41.3 Å². The van der Waals surface area contributed by atoms with Gasteiger partial charge in [-0.05, 0) is 24.8 Å². The highest BCUT2D eigenvalue weighted by Crippen LogP contribution is 2.01. The van der Waals surface area contributed by atoms with Gasteiger partial charge in [-0.3, -0.25) is 4.99 Å². The van der Waals surface area contributed by atoms with Crippen molar-refractivity contribution >= 4 is 29.9 Å². The number of nitrogens with zero attached hydrogens (tertiary/aromatic N) is 2. The fourth-order valence-corrected chi connectivity index (χ4v) is 2.18. The van der Waals surface area contributed by atoms with E-state index in [1.807, 2.05) is 25.2 Å². The molecule has 0 radical (unpaired) electrons. The number of hydrogen-bond acceptors (Lipinski definition) is 2. The molecular weight excluding hydrogens is 401 g/mol. The summed E-state index contributed by atoms with van der Waals surface area (Å²) in [5.41, 5.74) is 1.23. The smallest absolute Gasteiger partial charge is 0.193 e. The van der Waals surface area contributed by atoms with Crippen molar-refractivity contribution in [2.75, 3.05) is 33.8 Å². The van der Waals surface area contributed by atoms with Crippen LogP contribution in [0.25, 0.3) is 0 Å². The van der Waals surface area contributed by atoms with Crippen LogP contribution in [0.3, 0.4) is 0 Å². The van der Waals surface area contributed by atoms with E-state index in [1.165, 1.54) is 18.4 Å². The van der Waals surface area contributed by atoms with E-state index in [9.17, 15) is 0 Å². The van der Waals surface area contributed by atoms with Crippen LogP contribution in [-0.4, -0.2) is 44.7 Å². The predicted octanol–water partition coefficient (Wildman–Crippen LogP) is 3.91. The van der Waals surface area contributed by atoms with Crippen molar-refractivity contribution in [1.29, 1.82) is 0 Å². The molecule has 0 heterocycles. The number of nitrogens with one attached hydrogen (secondary N) is 1. The van der Waals surface area contributed by atoms with E-state index < -0.39 is 0 Å². The van der Waals surface area contributed by atoms with Crippen molar-refractivity contribution in [3.8, 4) is 0 Å². The second-order valence-corrected chi connectivity index (χ2v) is 5.49. The van der Waals surface area contributed by atoms with Crippen molar-refractivity contribution in [3.63, 3.8) is 0 Å². The highest BCUT2D eigenvalue weighted by molar-refractivity contribution is 14.0. The Hall–Kier alpha value is -0.820. The molecule has 0 unspecified atom stereocenters. The van der Waals surface area contributed by atoms with E-state index >= 15 is 0 Å². The topological polar surface area (TPSA) is 36.9 Å². The first-order chi connectivity index (χ1) is 10.8. The minimum atomic E-state index is 0. The highest BCUT2D eigenvalue weighted by atomic mass is 127. The van der Waals surface area contributed by atoms with E-state index in [-0.39, 0.29) is 24.0 Å². The number of aliphatic imine (C=N–C) groups is 1. The van der Waals surface area contributed by atoms with Crippen molar-refractivity contribution in [3.05, 3.63) is 35.9 Å². The first kappa shape index (κ1) is 22.2. The number of unbranched alkanes of at least 4 members (excludes halogenated alkanes) is 2. The predicted molar refractivity (Wildman–Crippen MR) is 110 cm³/mol.